The minimum absolute atomic E-state index is 0.0532. The van der Waals surface area contributed by atoms with Crippen LogP contribution in [-0.4, -0.2) is 92.4 Å². The molecule has 1 unspecified atom stereocenters. The lowest BCUT2D eigenvalue weighted by Gasteiger charge is -2.19. The first-order chi connectivity index (χ1) is 28.8. The van der Waals surface area contributed by atoms with E-state index in [1.807, 2.05) is 0 Å². The van der Waals surface area contributed by atoms with Crippen molar-refractivity contribution < 1.29 is 38.6 Å². The van der Waals surface area contributed by atoms with Gasteiger partial charge >= 0.3 is 11.9 Å². The van der Waals surface area contributed by atoms with E-state index < -0.39 is 47.4 Å². The number of amides is 4. The van der Waals surface area contributed by atoms with Crippen LogP contribution in [0.15, 0.2) is 64.6 Å². The minimum Gasteiger partial charge on any atom is -0.480 e. The number of fused-ring (bicyclic) bond motifs is 1. The number of rotatable bonds is 22. The van der Waals surface area contributed by atoms with E-state index in [9.17, 15) is 38.7 Å². The Hall–Kier alpha value is -7.61. The highest BCUT2D eigenvalue weighted by Gasteiger charge is 2.25. The quantitative estimate of drug-likeness (QED) is 0.0185. The van der Waals surface area contributed by atoms with Crippen molar-refractivity contribution in [3.8, 4) is 0 Å². The normalized spacial score (nSPS) is 12.2. The number of benzene rings is 2. The summed E-state index contributed by atoms with van der Waals surface area (Å²) < 4.78 is 4.80. The van der Waals surface area contributed by atoms with Crippen LogP contribution < -0.4 is 37.9 Å². The van der Waals surface area contributed by atoms with Gasteiger partial charge in [-0.1, -0.05) is 17.2 Å². The van der Waals surface area contributed by atoms with Crippen molar-refractivity contribution in [2.45, 2.75) is 76.5 Å². The molecule has 9 N–H and O–H groups in total. The van der Waals surface area contributed by atoms with Crippen molar-refractivity contribution in [3.63, 3.8) is 0 Å². The summed E-state index contributed by atoms with van der Waals surface area (Å²) in [6, 6.07) is 9.77. The number of H-pyrrole nitrogens is 1. The predicted octanol–water partition coefficient (Wildman–Crippen LogP) is 2.36. The van der Waals surface area contributed by atoms with Crippen LogP contribution in [0.25, 0.3) is 21.6 Å². The molecule has 0 saturated heterocycles. The molecule has 60 heavy (non-hydrogen) atoms. The minimum atomic E-state index is -1.39. The van der Waals surface area contributed by atoms with Gasteiger partial charge in [0.05, 0.1) is 25.5 Å². The molecule has 22 heteroatoms. The van der Waals surface area contributed by atoms with Crippen molar-refractivity contribution in [1.82, 2.24) is 41.2 Å². The molecule has 316 valence electrons. The number of nitrogens with zero attached hydrogens (tertiary/aromatic N) is 6. The molecule has 2 heterocycles. The molecular formula is C38H45N13O9. The van der Waals surface area contributed by atoms with Crippen LogP contribution in [0, 0.1) is 0 Å². The van der Waals surface area contributed by atoms with Crippen LogP contribution in [0.4, 0.5) is 17.3 Å². The molecule has 0 spiro atoms. The van der Waals surface area contributed by atoms with Gasteiger partial charge in [-0.3, -0.25) is 29.0 Å². The Morgan fingerprint density at radius 2 is 1.53 bits per heavy atom. The molecule has 0 aliphatic carbocycles. The number of aliphatic carboxylic acids is 1. The van der Waals surface area contributed by atoms with Gasteiger partial charge < -0.3 is 42.2 Å². The van der Waals surface area contributed by atoms with E-state index in [0.717, 1.165) is 0 Å². The SMILES string of the molecule is COC(=O)[C@H](CCCCNC(=O)c1ccc(N=[N+]=[N-])cc1)NC(=O)CCC(NC(=O)CC[C@@H](C)NC(=O)c1ccc(NCc2cnc3nc(N)[nH]c(=O)c3n2)cc1)C(=O)O. The van der Waals surface area contributed by atoms with Crippen LogP contribution in [0.5, 0.6) is 0 Å². The zero-order chi connectivity index (χ0) is 43.6. The van der Waals surface area contributed by atoms with Gasteiger partial charge in [-0.2, -0.15) is 4.98 Å². The molecule has 0 aliphatic heterocycles. The molecule has 2 aromatic heterocycles. The average Bonchev–Trinajstić information content (AvgIpc) is 3.23. The fourth-order valence-electron chi connectivity index (χ4n) is 5.68. The zero-order valence-electron chi connectivity index (χ0n) is 32.8. The summed E-state index contributed by atoms with van der Waals surface area (Å²) >= 11 is 0. The Morgan fingerprint density at radius 3 is 2.20 bits per heavy atom. The number of aromatic nitrogens is 4. The summed E-state index contributed by atoms with van der Waals surface area (Å²) in [5.74, 6) is -4.05. The molecule has 0 radical (unpaired) electrons. The monoisotopic (exact) mass is 827 g/mol. The van der Waals surface area contributed by atoms with Gasteiger partial charge in [-0.25, -0.2) is 19.6 Å². The van der Waals surface area contributed by atoms with Crippen molar-refractivity contribution in [3.05, 3.63) is 92.3 Å². The third-order valence-electron chi connectivity index (χ3n) is 8.90. The highest BCUT2D eigenvalue weighted by Crippen LogP contribution is 2.14. The summed E-state index contributed by atoms with van der Waals surface area (Å²) in [5.41, 5.74) is 15.9. The lowest BCUT2D eigenvalue weighted by Crippen LogP contribution is -2.44. The number of azide groups is 1. The number of esters is 1. The number of carboxylic acids is 1. The summed E-state index contributed by atoms with van der Waals surface area (Å²) in [6.45, 7) is 2.21. The highest BCUT2D eigenvalue weighted by molar-refractivity contribution is 5.95. The Kier molecular flexibility index (Phi) is 16.8. The van der Waals surface area contributed by atoms with Crippen molar-refractivity contribution in [2.75, 3.05) is 24.7 Å². The van der Waals surface area contributed by atoms with Gasteiger partial charge in [0.1, 0.15) is 12.1 Å². The van der Waals surface area contributed by atoms with Crippen LogP contribution in [-0.2, 0) is 30.5 Å². The van der Waals surface area contributed by atoms with Gasteiger partial charge in [-0.15, -0.1) is 0 Å². The summed E-state index contributed by atoms with van der Waals surface area (Å²) in [6.07, 6.45) is 2.07. The number of hydrogen-bond donors (Lipinski definition) is 8. The van der Waals surface area contributed by atoms with Crippen LogP contribution >= 0.6 is 0 Å². The zero-order valence-corrected chi connectivity index (χ0v) is 32.8. The first kappa shape index (κ1) is 45.1. The number of methoxy groups -OCH3 is 1. The third-order valence-corrected chi connectivity index (χ3v) is 8.90. The van der Waals surface area contributed by atoms with Crippen LogP contribution in [0.3, 0.4) is 0 Å². The number of nitrogens with two attached hydrogens (primary N) is 1. The van der Waals surface area contributed by atoms with Crippen LogP contribution in [0.2, 0.25) is 0 Å². The number of aromatic amines is 1. The molecule has 0 fully saturated rings. The number of ether oxygens (including phenoxy) is 1. The number of carboxylic acid groups (broad SMARTS) is 1. The summed E-state index contributed by atoms with van der Waals surface area (Å²) in [5, 5.41) is 26.8. The molecular weight excluding hydrogens is 782 g/mol. The maximum atomic E-state index is 12.8. The maximum absolute atomic E-state index is 12.8. The van der Waals surface area contributed by atoms with E-state index in [1.165, 1.54) is 37.6 Å². The standard InChI is InChI=1S/C38H45N13O9/c1-21(44-34(55)23-7-11-24(12-8-23)42-19-26-20-43-32-31(45-26)35(56)49-38(39)48-32)6-16-29(52)46-27(36(57)58)15-17-30(53)47-28(37(59)60-2)5-3-4-18-41-33(54)22-9-13-25(14-10-22)50-51-40/h7-14,20-21,27-28,42H,3-6,15-19H2,1-2H3,(H,41,54)(H,44,55)(H,46,52)(H,47,53)(H,57,58)(H3,39,43,48,49,56)/t21-,27?,28+/m1/s1. The Balaban J connectivity index is 1.14. The Labute approximate surface area is 342 Å². The third kappa shape index (κ3) is 14.1. The number of anilines is 2. The average molecular weight is 828 g/mol. The Bertz CT molecular complexity index is 2280. The smallest absolute Gasteiger partial charge is 0.328 e. The molecule has 4 amide bonds. The number of nitrogens with one attached hydrogen (secondary N) is 6. The van der Waals surface area contributed by atoms with Crippen molar-refractivity contribution in [2.24, 2.45) is 5.11 Å². The lowest BCUT2D eigenvalue weighted by atomic mass is 10.1. The van der Waals surface area contributed by atoms with Gasteiger partial charge in [0.15, 0.2) is 11.2 Å². The maximum Gasteiger partial charge on any atom is 0.328 e. The number of nitrogen functional groups attached to an aromatic ring is 1. The molecule has 0 aliphatic rings. The molecule has 0 saturated carbocycles. The largest absolute Gasteiger partial charge is 0.480 e. The fourth-order valence-corrected chi connectivity index (χ4v) is 5.68. The first-order valence-corrected chi connectivity index (χ1v) is 18.7. The molecule has 4 rings (SSSR count). The van der Waals surface area contributed by atoms with Gasteiger partial charge in [0.25, 0.3) is 17.4 Å². The second-order valence-electron chi connectivity index (χ2n) is 13.5. The van der Waals surface area contributed by atoms with Crippen molar-refractivity contribution >= 4 is 64.1 Å². The van der Waals surface area contributed by atoms with Crippen molar-refractivity contribution in [1.29, 1.82) is 0 Å². The first-order valence-electron chi connectivity index (χ1n) is 18.7. The predicted molar refractivity (Wildman–Crippen MR) is 216 cm³/mol. The fraction of sp³-hybridized carbons (Fsp3) is 0.368. The highest BCUT2D eigenvalue weighted by atomic mass is 16.5. The van der Waals surface area contributed by atoms with Gasteiger partial charge in [0, 0.05) is 52.8 Å². The lowest BCUT2D eigenvalue weighted by molar-refractivity contribution is -0.145. The number of unbranched alkanes of at least 4 members (excludes halogenated alkanes) is 1. The summed E-state index contributed by atoms with van der Waals surface area (Å²) in [7, 11) is 1.17. The second kappa shape index (κ2) is 22.4. The number of carbonyl (C=O) groups excluding carboxylic acids is 5. The van der Waals surface area contributed by atoms with E-state index >= 15 is 0 Å². The number of carbonyl (C=O) groups is 6. The van der Waals surface area contributed by atoms with Gasteiger partial charge in [-0.05, 0) is 81.0 Å². The van der Waals surface area contributed by atoms with Crippen LogP contribution in [0.1, 0.15) is 78.3 Å². The molecule has 4 aromatic rings. The van der Waals surface area contributed by atoms with E-state index in [-0.39, 0.29) is 74.1 Å². The van der Waals surface area contributed by atoms with E-state index in [1.54, 1.807) is 31.2 Å². The second-order valence-corrected chi connectivity index (χ2v) is 13.5. The Morgan fingerprint density at radius 1 is 0.883 bits per heavy atom. The molecule has 0 bridgehead atoms. The van der Waals surface area contributed by atoms with E-state index in [4.69, 9.17) is 16.0 Å². The summed E-state index contributed by atoms with van der Waals surface area (Å²) in [4.78, 5) is 104. The van der Waals surface area contributed by atoms with E-state index in [0.29, 0.717) is 41.0 Å². The van der Waals surface area contributed by atoms with Gasteiger partial charge in [0.2, 0.25) is 17.8 Å². The van der Waals surface area contributed by atoms with E-state index in [2.05, 4.69) is 56.5 Å². The molecule has 2 aromatic carbocycles. The number of hydrogen-bond acceptors (Lipinski definition) is 14. The molecule has 3 atom stereocenters. The molecule has 22 nitrogen and oxygen atoms in total. The topological polar surface area (TPSA) is 338 Å².